The summed E-state index contributed by atoms with van der Waals surface area (Å²) in [6.07, 6.45) is 3.37. The Morgan fingerprint density at radius 3 is 2.74 bits per heavy atom. The van der Waals surface area contributed by atoms with Crippen LogP contribution in [0.1, 0.15) is 15.9 Å². The molecule has 0 bridgehead atoms. The number of hydrogen-bond donors (Lipinski definition) is 1. The Labute approximate surface area is 114 Å². The molecule has 0 fully saturated rings. The van der Waals surface area contributed by atoms with Gasteiger partial charge >= 0.3 is 5.97 Å². The fourth-order valence-electron chi connectivity index (χ4n) is 1.51. The molecule has 2 aromatic rings. The molecule has 5 nitrogen and oxygen atoms in total. The zero-order valence-corrected chi connectivity index (χ0v) is 11.1. The van der Waals surface area contributed by atoms with Crippen molar-refractivity contribution in [3.8, 4) is 5.75 Å². The third-order valence-electron chi connectivity index (χ3n) is 2.41. The number of ether oxygens (including phenoxy) is 1. The molecule has 98 valence electrons. The van der Waals surface area contributed by atoms with Crippen LogP contribution in [0.4, 0.5) is 0 Å². The molecule has 0 saturated carbocycles. The van der Waals surface area contributed by atoms with E-state index in [1.807, 2.05) is 0 Å². The van der Waals surface area contributed by atoms with Crippen LogP contribution in [0.2, 0.25) is 0 Å². The van der Waals surface area contributed by atoms with E-state index in [-0.39, 0.29) is 5.56 Å². The number of nitrogens with zero attached hydrogens (tertiary/aromatic N) is 2. The van der Waals surface area contributed by atoms with Crippen LogP contribution in [0.5, 0.6) is 5.75 Å². The van der Waals surface area contributed by atoms with Crippen molar-refractivity contribution >= 4 is 17.7 Å². The predicted octanol–water partition coefficient (Wildman–Crippen LogP) is 2.48. The summed E-state index contributed by atoms with van der Waals surface area (Å²) in [7, 11) is 1.46. The number of carboxylic acids is 1. The topological polar surface area (TPSA) is 72.3 Å². The van der Waals surface area contributed by atoms with Crippen LogP contribution in [0.15, 0.2) is 41.8 Å². The lowest BCUT2D eigenvalue weighted by molar-refractivity contribution is 0.0693. The monoisotopic (exact) mass is 276 g/mol. The Balaban J connectivity index is 2.11. The Morgan fingerprint density at radius 2 is 2.11 bits per heavy atom. The highest BCUT2D eigenvalue weighted by atomic mass is 32.2. The van der Waals surface area contributed by atoms with Gasteiger partial charge in [0.25, 0.3) is 0 Å². The van der Waals surface area contributed by atoms with Crippen LogP contribution in [0.3, 0.4) is 0 Å². The second-order valence-electron chi connectivity index (χ2n) is 3.66. The number of aromatic carboxylic acids is 1. The molecular formula is C13H12N2O3S. The number of rotatable bonds is 5. The molecule has 1 heterocycles. The maximum absolute atomic E-state index is 11.0. The largest absolute Gasteiger partial charge is 0.496 e. The smallest absolute Gasteiger partial charge is 0.339 e. The van der Waals surface area contributed by atoms with Crippen molar-refractivity contribution in [3.63, 3.8) is 0 Å². The average Bonchev–Trinajstić information content (AvgIpc) is 2.45. The van der Waals surface area contributed by atoms with Gasteiger partial charge < -0.3 is 9.84 Å². The standard InChI is InChI=1S/C13H12N2O3S/c1-18-11-7-9(3-4-10(11)12(16)17)8-19-13-14-5-2-6-15-13/h2-7H,8H2,1H3,(H,16,17). The molecule has 0 unspecified atom stereocenters. The number of aromatic nitrogens is 2. The summed E-state index contributed by atoms with van der Waals surface area (Å²) in [6, 6.07) is 6.79. The van der Waals surface area contributed by atoms with E-state index < -0.39 is 5.97 Å². The van der Waals surface area contributed by atoms with Gasteiger partial charge in [-0.3, -0.25) is 0 Å². The summed E-state index contributed by atoms with van der Waals surface area (Å²) in [4.78, 5) is 19.2. The molecule has 1 aromatic heterocycles. The number of benzene rings is 1. The lowest BCUT2D eigenvalue weighted by atomic mass is 10.1. The predicted molar refractivity (Wildman–Crippen MR) is 71.5 cm³/mol. The van der Waals surface area contributed by atoms with Gasteiger partial charge in [0.05, 0.1) is 7.11 Å². The van der Waals surface area contributed by atoms with E-state index in [1.165, 1.54) is 18.9 Å². The summed E-state index contributed by atoms with van der Waals surface area (Å²) in [5, 5.41) is 9.67. The van der Waals surface area contributed by atoms with Gasteiger partial charge in [-0.2, -0.15) is 0 Å². The highest BCUT2D eigenvalue weighted by Gasteiger charge is 2.11. The quantitative estimate of drug-likeness (QED) is 0.668. The summed E-state index contributed by atoms with van der Waals surface area (Å²) < 4.78 is 5.08. The van der Waals surface area contributed by atoms with Crippen LogP contribution in [0, 0.1) is 0 Å². The minimum atomic E-state index is -0.998. The van der Waals surface area contributed by atoms with E-state index >= 15 is 0 Å². The molecule has 0 saturated heterocycles. The van der Waals surface area contributed by atoms with E-state index in [1.54, 1.807) is 36.7 Å². The van der Waals surface area contributed by atoms with Gasteiger partial charge in [-0.1, -0.05) is 17.8 Å². The molecule has 19 heavy (non-hydrogen) atoms. The van der Waals surface area contributed by atoms with Gasteiger partial charge in [0.1, 0.15) is 11.3 Å². The van der Waals surface area contributed by atoms with Crippen LogP contribution >= 0.6 is 11.8 Å². The van der Waals surface area contributed by atoms with Crippen molar-refractivity contribution in [2.24, 2.45) is 0 Å². The first-order chi connectivity index (χ1) is 9.20. The first-order valence-electron chi connectivity index (χ1n) is 5.50. The summed E-state index contributed by atoms with van der Waals surface area (Å²) in [6.45, 7) is 0. The van der Waals surface area contributed by atoms with Gasteiger partial charge in [-0.05, 0) is 23.8 Å². The van der Waals surface area contributed by atoms with E-state index in [0.29, 0.717) is 16.7 Å². The van der Waals surface area contributed by atoms with Crippen molar-refractivity contribution in [3.05, 3.63) is 47.8 Å². The zero-order valence-electron chi connectivity index (χ0n) is 10.2. The van der Waals surface area contributed by atoms with Crippen LogP contribution in [-0.4, -0.2) is 28.2 Å². The summed E-state index contributed by atoms with van der Waals surface area (Å²) >= 11 is 1.48. The molecule has 0 amide bonds. The third kappa shape index (κ3) is 3.45. The van der Waals surface area contributed by atoms with E-state index in [9.17, 15) is 4.79 Å². The molecule has 1 aromatic carbocycles. The van der Waals surface area contributed by atoms with E-state index in [4.69, 9.17) is 9.84 Å². The van der Waals surface area contributed by atoms with E-state index in [2.05, 4.69) is 9.97 Å². The first-order valence-corrected chi connectivity index (χ1v) is 6.49. The minimum Gasteiger partial charge on any atom is -0.496 e. The van der Waals surface area contributed by atoms with Gasteiger partial charge in [0.2, 0.25) is 0 Å². The molecule has 0 spiro atoms. The maximum atomic E-state index is 11.0. The number of methoxy groups -OCH3 is 1. The second kappa shape index (κ2) is 6.19. The van der Waals surface area contributed by atoms with Crippen LogP contribution in [-0.2, 0) is 5.75 Å². The SMILES string of the molecule is COc1cc(CSc2ncccn2)ccc1C(=O)O. The molecule has 0 atom stereocenters. The molecule has 0 radical (unpaired) electrons. The van der Waals surface area contributed by atoms with Gasteiger partial charge in [-0.15, -0.1) is 0 Å². The highest BCUT2D eigenvalue weighted by Crippen LogP contribution is 2.24. The number of hydrogen-bond acceptors (Lipinski definition) is 5. The maximum Gasteiger partial charge on any atom is 0.339 e. The molecule has 0 aliphatic heterocycles. The number of carboxylic acid groups (broad SMARTS) is 1. The van der Waals surface area contributed by atoms with E-state index in [0.717, 1.165) is 5.56 Å². The molecule has 6 heteroatoms. The average molecular weight is 276 g/mol. The Kier molecular flexibility index (Phi) is 4.35. The summed E-state index contributed by atoms with van der Waals surface area (Å²) in [5.74, 6) is 0.0160. The lowest BCUT2D eigenvalue weighted by Gasteiger charge is -2.07. The fourth-order valence-corrected chi connectivity index (χ4v) is 2.26. The van der Waals surface area contributed by atoms with Crippen molar-refractivity contribution in [2.45, 2.75) is 10.9 Å². The highest BCUT2D eigenvalue weighted by molar-refractivity contribution is 7.98. The zero-order chi connectivity index (χ0) is 13.7. The minimum absolute atomic E-state index is 0.159. The molecule has 1 N–H and O–H groups in total. The third-order valence-corrected chi connectivity index (χ3v) is 3.35. The Morgan fingerprint density at radius 1 is 1.37 bits per heavy atom. The number of thioether (sulfide) groups is 1. The Bertz CT molecular complexity index is 575. The van der Waals surface area contributed by atoms with Crippen molar-refractivity contribution < 1.29 is 14.6 Å². The van der Waals surface area contributed by atoms with Crippen molar-refractivity contribution in [1.82, 2.24) is 9.97 Å². The summed E-state index contributed by atoms with van der Waals surface area (Å²) in [5.41, 5.74) is 1.12. The molecular weight excluding hydrogens is 264 g/mol. The van der Waals surface area contributed by atoms with Crippen molar-refractivity contribution in [1.29, 1.82) is 0 Å². The van der Waals surface area contributed by atoms with Gasteiger partial charge in [0, 0.05) is 18.1 Å². The van der Waals surface area contributed by atoms with Gasteiger partial charge in [0.15, 0.2) is 5.16 Å². The molecule has 0 aliphatic carbocycles. The van der Waals surface area contributed by atoms with Crippen molar-refractivity contribution in [2.75, 3.05) is 7.11 Å². The first kappa shape index (κ1) is 13.4. The van der Waals surface area contributed by atoms with Crippen LogP contribution in [0.25, 0.3) is 0 Å². The molecule has 0 aliphatic rings. The fraction of sp³-hybridized carbons (Fsp3) is 0.154. The van der Waals surface area contributed by atoms with Gasteiger partial charge in [-0.25, -0.2) is 14.8 Å². The molecule has 2 rings (SSSR count). The second-order valence-corrected chi connectivity index (χ2v) is 4.60. The van der Waals surface area contributed by atoms with Crippen LogP contribution < -0.4 is 4.74 Å². The normalized spacial score (nSPS) is 10.2. The lowest BCUT2D eigenvalue weighted by Crippen LogP contribution is -2.01. The Hall–Kier alpha value is -2.08. The number of carbonyl (C=O) groups is 1.